The maximum Gasteiger partial charge on any atom is 0.328 e. The number of imide groups is 1. The first-order valence-electron chi connectivity index (χ1n) is 3.89. The summed E-state index contributed by atoms with van der Waals surface area (Å²) in [5, 5.41) is 8.85. The molecule has 0 bridgehead atoms. The lowest BCUT2D eigenvalue weighted by Gasteiger charge is -2.21. The number of carbonyl (C=O) groups excluding carboxylic acids is 2. The smallest absolute Gasteiger partial charge is 0.328 e. The normalized spacial score (nSPS) is 17.3. The van der Waals surface area contributed by atoms with Crippen LogP contribution in [-0.4, -0.2) is 40.4 Å². The van der Waals surface area contributed by atoms with E-state index in [1.165, 1.54) is 0 Å². The van der Waals surface area contributed by atoms with Gasteiger partial charge < -0.3 is 5.11 Å². The van der Waals surface area contributed by atoms with Gasteiger partial charge in [0.05, 0.1) is 0 Å². The average Bonchev–Trinajstić information content (AvgIpc) is 2.49. The van der Waals surface area contributed by atoms with Crippen LogP contribution in [0.25, 0.3) is 0 Å². The highest BCUT2D eigenvalue weighted by molar-refractivity contribution is 8.67. The summed E-state index contributed by atoms with van der Waals surface area (Å²) in [6.45, 7) is -0.0529. The standard InChI is InChI=1S/C7H8N2O4S2/c10-5-1-2-6(11)9(5)4(7(12)13)3-8-15-14/h1-2,4,8,14H,3H2,(H,12,13). The van der Waals surface area contributed by atoms with Crippen LogP contribution in [0.2, 0.25) is 0 Å². The van der Waals surface area contributed by atoms with Gasteiger partial charge in [0.25, 0.3) is 11.8 Å². The second-order valence-corrected chi connectivity index (χ2v) is 3.69. The molecule has 0 aromatic carbocycles. The molecule has 0 saturated heterocycles. The summed E-state index contributed by atoms with van der Waals surface area (Å²) in [4.78, 5) is 33.9. The third kappa shape index (κ3) is 2.74. The minimum Gasteiger partial charge on any atom is -0.480 e. The molecule has 0 aliphatic carbocycles. The molecule has 2 amide bonds. The molecule has 82 valence electrons. The molecule has 0 saturated carbocycles. The molecule has 1 atom stereocenters. The summed E-state index contributed by atoms with van der Waals surface area (Å²) in [5.74, 6) is -2.47. The van der Waals surface area contributed by atoms with Crippen molar-refractivity contribution in [3.8, 4) is 0 Å². The van der Waals surface area contributed by atoms with Crippen LogP contribution in [0.5, 0.6) is 0 Å². The number of rotatable bonds is 5. The minimum atomic E-state index is -1.24. The number of hydrogen-bond donors (Lipinski definition) is 3. The monoisotopic (exact) mass is 248 g/mol. The van der Waals surface area contributed by atoms with E-state index in [0.29, 0.717) is 4.90 Å². The number of carboxylic acid groups (broad SMARTS) is 1. The van der Waals surface area contributed by atoms with Crippen LogP contribution in [-0.2, 0) is 14.4 Å². The van der Waals surface area contributed by atoms with E-state index in [1.807, 2.05) is 0 Å². The van der Waals surface area contributed by atoms with Crippen molar-refractivity contribution in [3.05, 3.63) is 12.2 Å². The summed E-state index contributed by atoms with van der Waals surface area (Å²) >= 11 is 3.76. The van der Waals surface area contributed by atoms with E-state index in [4.69, 9.17) is 5.11 Å². The van der Waals surface area contributed by atoms with E-state index < -0.39 is 23.8 Å². The van der Waals surface area contributed by atoms with Crippen LogP contribution in [0.1, 0.15) is 0 Å². The second kappa shape index (κ2) is 5.19. The van der Waals surface area contributed by atoms with Crippen molar-refractivity contribution in [1.29, 1.82) is 0 Å². The molecule has 1 aliphatic heterocycles. The number of carbonyl (C=O) groups is 3. The highest BCUT2D eigenvalue weighted by Gasteiger charge is 2.35. The van der Waals surface area contributed by atoms with Gasteiger partial charge in [-0.05, 0) is 11.0 Å². The summed E-state index contributed by atoms with van der Waals surface area (Å²) in [7, 11) is 0.920. The van der Waals surface area contributed by atoms with Crippen molar-refractivity contribution < 1.29 is 19.5 Å². The van der Waals surface area contributed by atoms with Crippen LogP contribution in [0.3, 0.4) is 0 Å². The molecule has 1 unspecified atom stereocenters. The summed E-state index contributed by atoms with van der Waals surface area (Å²) in [6.07, 6.45) is 2.10. The van der Waals surface area contributed by atoms with Crippen LogP contribution in [0, 0.1) is 0 Å². The lowest BCUT2D eigenvalue weighted by atomic mass is 10.2. The van der Waals surface area contributed by atoms with Crippen molar-refractivity contribution in [1.82, 2.24) is 9.62 Å². The second-order valence-electron chi connectivity index (χ2n) is 2.67. The van der Waals surface area contributed by atoms with Gasteiger partial charge in [-0.2, -0.15) is 0 Å². The molecule has 15 heavy (non-hydrogen) atoms. The summed E-state index contributed by atoms with van der Waals surface area (Å²) < 4.78 is 2.57. The third-order valence-electron chi connectivity index (χ3n) is 1.78. The van der Waals surface area contributed by atoms with Crippen molar-refractivity contribution in [2.24, 2.45) is 0 Å². The molecule has 1 aliphatic rings. The van der Waals surface area contributed by atoms with E-state index in [9.17, 15) is 14.4 Å². The van der Waals surface area contributed by atoms with Crippen molar-refractivity contribution in [2.75, 3.05) is 6.54 Å². The first-order valence-corrected chi connectivity index (χ1v) is 5.76. The minimum absolute atomic E-state index is 0.0529. The van der Waals surface area contributed by atoms with Crippen LogP contribution in [0.15, 0.2) is 12.2 Å². The Balaban J connectivity index is 2.76. The zero-order valence-electron chi connectivity index (χ0n) is 7.41. The number of nitrogens with one attached hydrogen (secondary N) is 1. The number of thiol groups is 1. The van der Waals surface area contributed by atoms with Gasteiger partial charge in [0, 0.05) is 18.7 Å². The number of nitrogens with zero attached hydrogens (tertiary/aromatic N) is 1. The van der Waals surface area contributed by atoms with Gasteiger partial charge in [0.2, 0.25) is 0 Å². The lowest BCUT2D eigenvalue weighted by Crippen LogP contribution is -2.49. The Hall–Kier alpha value is -0.990. The summed E-state index contributed by atoms with van der Waals surface area (Å²) in [6, 6.07) is -1.21. The van der Waals surface area contributed by atoms with Crippen LogP contribution in [0.4, 0.5) is 0 Å². The van der Waals surface area contributed by atoms with Crippen LogP contribution >= 0.6 is 22.6 Å². The molecule has 0 radical (unpaired) electrons. The van der Waals surface area contributed by atoms with Gasteiger partial charge in [-0.25, -0.2) is 4.79 Å². The van der Waals surface area contributed by atoms with Crippen LogP contribution < -0.4 is 4.72 Å². The zero-order chi connectivity index (χ0) is 11.4. The predicted molar refractivity (Wildman–Crippen MR) is 57.0 cm³/mol. The molecule has 1 heterocycles. The Morgan fingerprint density at radius 1 is 1.53 bits per heavy atom. The fourth-order valence-electron chi connectivity index (χ4n) is 1.12. The molecule has 0 spiro atoms. The van der Waals surface area contributed by atoms with E-state index in [1.54, 1.807) is 0 Å². The van der Waals surface area contributed by atoms with Gasteiger partial charge in [-0.3, -0.25) is 19.2 Å². The molecule has 0 fully saturated rings. The molecule has 8 heteroatoms. The highest BCUT2D eigenvalue weighted by atomic mass is 33.1. The highest BCUT2D eigenvalue weighted by Crippen LogP contribution is 2.10. The molecule has 2 N–H and O–H groups in total. The molecule has 6 nitrogen and oxygen atoms in total. The molecular weight excluding hydrogens is 240 g/mol. The Bertz CT molecular complexity index is 313. The average molecular weight is 248 g/mol. The van der Waals surface area contributed by atoms with Gasteiger partial charge in [0.15, 0.2) is 6.04 Å². The topological polar surface area (TPSA) is 86.7 Å². The van der Waals surface area contributed by atoms with E-state index in [2.05, 4.69) is 16.4 Å². The molecule has 0 aromatic heterocycles. The van der Waals surface area contributed by atoms with Gasteiger partial charge >= 0.3 is 5.97 Å². The van der Waals surface area contributed by atoms with Gasteiger partial charge in [-0.1, -0.05) is 11.7 Å². The lowest BCUT2D eigenvalue weighted by molar-refractivity contribution is -0.152. The third-order valence-corrected chi connectivity index (χ3v) is 2.46. The quantitative estimate of drug-likeness (QED) is 0.262. The summed E-state index contributed by atoms with van der Waals surface area (Å²) in [5.41, 5.74) is 0. The molecular formula is C7H8N2O4S2. The van der Waals surface area contributed by atoms with Crippen molar-refractivity contribution in [3.63, 3.8) is 0 Å². The first-order chi connectivity index (χ1) is 7.07. The number of amides is 2. The maximum atomic E-state index is 11.2. The predicted octanol–water partition coefficient (Wildman–Crippen LogP) is -0.553. The van der Waals surface area contributed by atoms with Gasteiger partial charge in [0.1, 0.15) is 0 Å². The Morgan fingerprint density at radius 3 is 2.47 bits per heavy atom. The fraction of sp³-hybridized carbons (Fsp3) is 0.286. The number of aliphatic carboxylic acids is 1. The Labute approximate surface area is 94.6 Å². The molecule has 1 rings (SSSR count). The Morgan fingerprint density at radius 2 is 2.07 bits per heavy atom. The van der Waals surface area contributed by atoms with E-state index >= 15 is 0 Å². The fourth-order valence-corrected chi connectivity index (χ4v) is 1.58. The Kier molecular flexibility index (Phi) is 4.18. The SMILES string of the molecule is O=C(O)C(CNSS)N1C(=O)C=CC1=O. The maximum absolute atomic E-state index is 11.2. The largest absolute Gasteiger partial charge is 0.480 e. The van der Waals surface area contributed by atoms with Crippen molar-refractivity contribution in [2.45, 2.75) is 6.04 Å². The van der Waals surface area contributed by atoms with E-state index in [0.717, 1.165) is 23.1 Å². The van der Waals surface area contributed by atoms with E-state index in [-0.39, 0.29) is 6.54 Å². The first kappa shape index (κ1) is 12.1. The van der Waals surface area contributed by atoms with Gasteiger partial charge in [-0.15, -0.1) is 0 Å². The molecule has 0 aromatic rings. The number of carboxylic acids is 1. The number of hydrogen-bond acceptors (Lipinski definition) is 6. The van der Waals surface area contributed by atoms with Crippen molar-refractivity contribution >= 4 is 40.4 Å². The zero-order valence-corrected chi connectivity index (χ0v) is 9.12.